The van der Waals surface area contributed by atoms with Crippen molar-refractivity contribution in [2.75, 3.05) is 11.4 Å². The SMILES string of the molecule is CCN(Cc1ccc(S(=O)(=O)O)cc1)c1ccc(C(=C2C=CCC=C2)c2ccccc2S(=O)(=O)O)cc1. The first kappa shape index (κ1) is 26.6. The van der Waals surface area contributed by atoms with Gasteiger partial charge in [0.15, 0.2) is 0 Å². The first-order valence-electron chi connectivity index (χ1n) is 11.6. The van der Waals surface area contributed by atoms with Crippen LogP contribution in [0.3, 0.4) is 0 Å². The van der Waals surface area contributed by atoms with E-state index in [0.29, 0.717) is 24.2 Å². The van der Waals surface area contributed by atoms with E-state index >= 15 is 0 Å². The lowest BCUT2D eigenvalue weighted by Gasteiger charge is -2.24. The Labute approximate surface area is 217 Å². The van der Waals surface area contributed by atoms with Gasteiger partial charge in [0.05, 0.1) is 4.90 Å². The molecular weight excluding hydrogens is 510 g/mol. The molecule has 1 aliphatic carbocycles. The summed E-state index contributed by atoms with van der Waals surface area (Å²) in [4.78, 5) is 1.80. The largest absolute Gasteiger partial charge is 0.367 e. The van der Waals surface area contributed by atoms with Gasteiger partial charge in [-0.2, -0.15) is 16.8 Å². The van der Waals surface area contributed by atoms with Crippen LogP contribution in [-0.4, -0.2) is 32.5 Å². The van der Waals surface area contributed by atoms with Crippen molar-refractivity contribution < 1.29 is 25.9 Å². The quantitative estimate of drug-likeness (QED) is 0.364. The predicted octanol–water partition coefficient (Wildman–Crippen LogP) is 5.52. The summed E-state index contributed by atoms with van der Waals surface area (Å²) in [6, 6.07) is 20.2. The maximum Gasteiger partial charge on any atom is 0.295 e. The molecule has 3 aromatic rings. The zero-order valence-electron chi connectivity index (χ0n) is 20.2. The van der Waals surface area contributed by atoms with E-state index in [0.717, 1.165) is 28.8 Å². The molecule has 0 aromatic heterocycles. The first-order valence-corrected chi connectivity index (χ1v) is 14.5. The monoisotopic (exact) mass is 537 g/mol. The smallest absolute Gasteiger partial charge is 0.295 e. The molecular formula is C28H27NO6S2. The van der Waals surface area contributed by atoms with Crippen molar-refractivity contribution in [1.29, 1.82) is 0 Å². The molecule has 2 N–H and O–H groups in total. The zero-order valence-corrected chi connectivity index (χ0v) is 21.8. The van der Waals surface area contributed by atoms with Gasteiger partial charge in [-0.1, -0.05) is 66.8 Å². The summed E-state index contributed by atoms with van der Waals surface area (Å²) in [5, 5.41) is 0. The van der Waals surface area contributed by atoms with Gasteiger partial charge in [-0.3, -0.25) is 9.11 Å². The maximum absolute atomic E-state index is 12.1. The van der Waals surface area contributed by atoms with Crippen LogP contribution in [0.1, 0.15) is 30.0 Å². The molecule has 0 heterocycles. The van der Waals surface area contributed by atoms with Crippen molar-refractivity contribution in [2.24, 2.45) is 0 Å². The third kappa shape index (κ3) is 6.26. The Morgan fingerprint density at radius 2 is 1.43 bits per heavy atom. The van der Waals surface area contributed by atoms with Gasteiger partial charge in [-0.25, -0.2) is 0 Å². The lowest BCUT2D eigenvalue weighted by Crippen LogP contribution is -2.22. The van der Waals surface area contributed by atoms with E-state index in [1.54, 1.807) is 30.3 Å². The normalized spacial score (nSPS) is 13.5. The fourth-order valence-corrected chi connectivity index (χ4v) is 5.46. The van der Waals surface area contributed by atoms with Gasteiger partial charge >= 0.3 is 0 Å². The zero-order chi connectivity index (χ0) is 26.6. The second kappa shape index (κ2) is 10.9. The second-order valence-corrected chi connectivity index (χ2v) is 11.3. The Kier molecular flexibility index (Phi) is 7.79. The average molecular weight is 538 g/mol. The molecule has 0 spiro atoms. The van der Waals surface area contributed by atoms with Gasteiger partial charge in [0.25, 0.3) is 20.2 Å². The second-order valence-electron chi connectivity index (χ2n) is 8.52. The predicted molar refractivity (Wildman–Crippen MR) is 145 cm³/mol. The van der Waals surface area contributed by atoms with Gasteiger partial charge < -0.3 is 4.90 Å². The number of hydrogen-bond acceptors (Lipinski definition) is 5. The number of anilines is 1. The topological polar surface area (TPSA) is 112 Å². The van der Waals surface area contributed by atoms with Crippen LogP contribution in [0, 0.1) is 0 Å². The first-order chi connectivity index (χ1) is 17.6. The van der Waals surface area contributed by atoms with Crippen molar-refractivity contribution in [2.45, 2.75) is 29.7 Å². The number of nitrogens with zero attached hydrogens (tertiary/aromatic N) is 1. The molecule has 0 saturated carbocycles. The molecule has 0 bridgehead atoms. The summed E-state index contributed by atoms with van der Waals surface area (Å²) >= 11 is 0. The Hall–Kier alpha value is -3.50. The van der Waals surface area contributed by atoms with Crippen LogP contribution in [0.5, 0.6) is 0 Å². The minimum absolute atomic E-state index is 0.153. The molecule has 0 radical (unpaired) electrons. The highest BCUT2D eigenvalue weighted by Gasteiger charge is 2.21. The molecule has 192 valence electrons. The van der Waals surface area contributed by atoms with Crippen LogP contribution in [0.15, 0.2) is 112 Å². The summed E-state index contributed by atoms with van der Waals surface area (Å²) in [7, 11) is -8.69. The number of hydrogen-bond donors (Lipinski definition) is 2. The minimum atomic E-state index is -4.44. The van der Waals surface area contributed by atoms with E-state index in [-0.39, 0.29) is 9.79 Å². The number of rotatable bonds is 8. The van der Waals surface area contributed by atoms with Crippen LogP contribution in [-0.2, 0) is 26.8 Å². The van der Waals surface area contributed by atoms with Gasteiger partial charge in [-0.15, -0.1) is 0 Å². The van der Waals surface area contributed by atoms with E-state index in [4.69, 9.17) is 0 Å². The van der Waals surface area contributed by atoms with Crippen molar-refractivity contribution in [1.82, 2.24) is 0 Å². The van der Waals surface area contributed by atoms with Gasteiger partial charge in [0.2, 0.25) is 0 Å². The summed E-state index contributed by atoms with van der Waals surface area (Å²) in [6.45, 7) is 3.21. The lowest BCUT2D eigenvalue weighted by molar-refractivity contribution is 0.480. The Morgan fingerprint density at radius 3 is 2.00 bits per heavy atom. The third-order valence-corrected chi connectivity index (χ3v) is 7.87. The molecule has 0 fully saturated rings. The Balaban J connectivity index is 1.70. The number of benzene rings is 3. The average Bonchev–Trinajstić information content (AvgIpc) is 2.88. The third-order valence-electron chi connectivity index (χ3n) is 6.09. The van der Waals surface area contributed by atoms with E-state index in [1.165, 1.54) is 18.2 Å². The molecule has 0 unspecified atom stereocenters. The van der Waals surface area contributed by atoms with Crippen molar-refractivity contribution in [3.8, 4) is 0 Å². The molecule has 0 saturated heterocycles. The van der Waals surface area contributed by atoms with Gasteiger partial charge in [-0.05, 0) is 65.9 Å². The summed E-state index contributed by atoms with van der Waals surface area (Å²) in [5.74, 6) is 0. The molecule has 0 amide bonds. The van der Waals surface area contributed by atoms with Gasteiger partial charge in [0, 0.05) is 24.3 Å². The molecule has 3 aromatic carbocycles. The molecule has 0 aliphatic heterocycles. The van der Waals surface area contributed by atoms with E-state index in [1.807, 2.05) is 55.5 Å². The minimum Gasteiger partial charge on any atom is -0.367 e. The van der Waals surface area contributed by atoms with E-state index < -0.39 is 20.2 Å². The molecule has 37 heavy (non-hydrogen) atoms. The highest BCUT2D eigenvalue weighted by Crippen LogP contribution is 2.34. The molecule has 7 nitrogen and oxygen atoms in total. The summed E-state index contributed by atoms with van der Waals surface area (Å²) in [6.07, 6.45) is 8.65. The van der Waals surface area contributed by atoms with Crippen LogP contribution >= 0.6 is 0 Å². The molecule has 0 atom stereocenters. The summed E-state index contributed by atoms with van der Waals surface area (Å²) in [5.41, 5.74) is 4.53. The highest BCUT2D eigenvalue weighted by atomic mass is 32.2. The maximum atomic E-state index is 12.1. The van der Waals surface area contributed by atoms with Crippen molar-refractivity contribution >= 4 is 31.5 Å². The Morgan fingerprint density at radius 1 is 0.811 bits per heavy atom. The standard InChI is InChI=1S/C28H27NO6S2/c1-2-29(20-21-12-18-25(19-13-21)36(30,31)32)24-16-14-23(15-17-24)28(22-8-4-3-5-9-22)26-10-6-7-11-27(26)37(33,34)35/h4-19H,2-3,20H2,1H3,(H,30,31,32)(H,33,34,35). The molecule has 1 aliphatic rings. The van der Waals surface area contributed by atoms with Gasteiger partial charge in [0.1, 0.15) is 4.90 Å². The van der Waals surface area contributed by atoms with Crippen LogP contribution in [0.25, 0.3) is 5.57 Å². The number of allylic oxidation sites excluding steroid dienone is 5. The lowest BCUT2D eigenvalue weighted by atomic mass is 9.91. The molecule has 4 rings (SSSR count). The van der Waals surface area contributed by atoms with Crippen LogP contribution < -0.4 is 4.90 Å². The molecule has 9 heteroatoms. The fraction of sp³-hybridized carbons (Fsp3) is 0.143. The van der Waals surface area contributed by atoms with E-state index in [9.17, 15) is 25.9 Å². The Bertz CT molecular complexity index is 1570. The van der Waals surface area contributed by atoms with Crippen molar-refractivity contribution in [3.05, 3.63) is 119 Å². The fourth-order valence-electron chi connectivity index (χ4n) is 4.28. The van der Waals surface area contributed by atoms with Crippen molar-refractivity contribution in [3.63, 3.8) is 0 Å². The summed E-state index contributed by atoms with van der Waals surface area (Å²) < 4.78 is 66.0. The van der Waals surface area contributed by atoms with Crippen LogP contribution in [0.4, 0.5) is 5.69 Å². The van der Waals surface area contributed by atoms with Crippen LogP contribution in [0.2, 0.25) is 0 Å². The van der Waals surface area contributed by atoms with E-state index in [2.05, 4.69) is 4.90 Å². The highest BCUT2D eigenvalue weighted by molar-refractivity contribution is 7.86.